The minimum absolute atomic E-state index is 0. The van der Waals surface area contributed by atoms with Crippen molar-refractivity contribution in [3.63, 3.8) is 0 Å². The summed E-state index contributed by atoms with van der Waals surface area (Å²) in [7, 11) is 0. The van der Waals surface area contributed by atoms with Crippen LogP contribution in [0.4, 0.5) is 4.79 Å². The third-order valence-corrected chi connectivity index (χ3v) is 1.64. The molecule has 0 radical (unpaired) electrons. The van der Waals surface area contributed by atoms with Crippen molar-refractivity contribution in [1.82, 2.24) is 10.6 Å². The Bertz CT molecular complexity index is 125. The molecule has 1 heterocycles. The van der Waals surface area contributed by atoms with Crippen LogP contribution in [-0.2, 0) is 0 Å². The van der Waals surface area contributed by atoms with Gasteiger partial charge in [-0.05, 0) is 19.4 Å². The molecule has 0 aliphatic carbocycles. The average molecular weight is 180 g/mol. The maximum absolute atomic E-state index is 10.4. The minimum atomic E-state index is -0.422. The third-order valence-electron chi connectivity index (χ3n) is 1.64. The fourth-order valence-electron chi connectivity index (χ4n) is 1.18. The van der Waals surface area contributed by atoms with E-state index in [0.717, 1.165) is 25.9 Å². The SMILES string of the molecule is Cl.NC(=O)NC1CCCNC1. The number of rotatable bonds is 1. The lowest BCUT2D eigenvalue weighted by Crippen LogP contribution is -2.47. The van der Waals surface area contributed by atoms with E-state index in [0.29, 0.717) is 0 Å². The molecule has 2 amide bonds. The van der Waals surface area contributed by atoms with Crippen LogP contribution in [0.1, 0.15) is 12.8 Å². The van der Waals surface area contributed by atoms with E-state index >= 15 is 0 Å². The molecule has 1 unspecified atom stereocenters. The number of amides is 2. The Labute approximate surface area is 72.3 Å². The van der Waals surface area contributed by atoms with Crippen LogP contribution in [0.2, 0.25) is 0 Å². The second kappa shape index (κ2) is 5.21. The number of primary amides is 1. The molecule has 0 aromatic heterocycles. The Kier molecular flexibility index (Phi) is 4.98. The molecule has 1 saturated heterocycles. The van der Waals surface area contributed by atoms with Crippen LogP contribution in [0.15, 0.2) is 0 Å². The van der Waals surface area contributed by atoms with Gasteiger partial charge in [0.25, 0.3) is 0 Å². The van der Waals surface area contributed by atoms with Crippen LogP contribution in [0.25, 0.3) is 0 Å². The smallest absolute Gasteiger partial charge is 0.312 e. The molecule has 0 aromatic rings. The van der Waals surface area contributed by atoms with E-state index in [-0.39, 0.29) is 18.4 Å². The van der Waals surface area contributed by atoms with Crippen molar-refractivity contribution in [3.05, 3.63) is 0 Å². The van der Waals surface area contributed by atoms with Crippen molar-refractivity contribution in [2.75, 3.05) is 13.1 Å². The van der Waals surface area contributed by atoms with Gasteiger partial charge in [-0.15, -0.1) is 12.4 Å². The van der Waals surface area contributed by atoms with Crippen LogP contribution in [0, 0.1) is 0 Å². The van der Waals surface area contributed by atoms with Gasteiger partial charge in [-0.2, -0.15) is 0 Å². The topological polar surface area (TPSA) is 67.2 Å². The van der Waals surface area contributed by atoms with Gasteiger partial charge >= 0.3 is 6.03 Å². The summed E-state index contributed by atoms with van der Waals surface area (Å²) in [6.45, 7) is 1.90. The summed E-state index contributed by atoms with van der Waals surface area (Å²) in [5.41, 5.74) is 4.95. The molecule has 4 N–H and O–H groups in total. The Morgan fingerprint density at radius 2 is 2.36 bits per heavy atom. The first-order valence-electron chi connectivity index (χ1n) is 3.56. The highest BCUT2D eigenvalue weighted by Crippen LogP contribution is 1.99. The molecule has 0 spiro atoms. The quantitative estimate of drug-likeness (QED) is 0.523. The van der Waals surface area contributed by atoms with Crippen LogP contribution in [0.3, 0.4) is 0 Å². The van der Waals surface area contributed by atoms with E-state index in [1.54, 1.807) is 0 Å². The minimum Gasteiger partial charge on any atom is -0.352 e. The lowest BCUT2D eigenvalue weighted by molar-refractivity contribution is 0.242. The van der Waals surface area contributed by atoms with Crippen LogP contribution in [0.5, 0.6) is 0 Å². The lowest BCUT2D eigenvalue weighted by Gasteiger charge is -2.22. The summed E-state index contributed by atoms with van der Waals surface area (Å²) in [5.74, 6) is 0. The molecule has 1 atom stereocenters. The zero-order valence-corrected chi connectivity index (χ0v) is 7.12. The molecule has 11 heavy (non-hydrogen) atoms. The molecule has 0 bridgehead atoms. The van der Waals surface area contributed by atoms with E-state index in [9.17, 15) is 4.79 Å². The number of hydrogen-bond donors (Lipinski definition) is 3. The van der Waals surface area contributed by atoms with Crippen LogP contribution >= 0.6 is 12.4 Å². The number of halogens is 1. The summed E-state index contributed by atoms with van der Waals surface area (Å²) in [4.78, 5) is 10.4. The predicted molar refractivity (Wildman–Crippen MR) is 45.9 cm³/mol. The summed E-state index contributed by atoms with van der Waals surface area (Å²) in [6, 6.07) is -0.181. The Morgan fingerprint density at radius 1 is 1.64 bits per heavy atom. The van der Waals surface area contributed by atoms with E-state index in [1.165, 1.54) is 0 Å². The van der Waals surface area contributed by atoms with Crippen molar-refractivity contribution in [3.8, 4) is 0 Å². The molecule has 4 nitrogen and oxygen atoms in total. The van der Waals surface area contributed by atoms with Crippen molar-refractivity contribution < 1.29 is 4.79 Å². The fourth-order valence-corrected chi connectivity index (χ4v) is 1.18. The number of urea groups is 1. The second-order valence-corrected chi connectivity index (χ2v) is 2.55. The number of hydrogen-bond acceptors (Lipinski definition) is 2. The average Bonchev–Trinajstić information content (AvgIpc) is 1.88. The number of piperidine rings is 1. The molecular weight excluding hydrogens is 166 g/mol. The molecule has 0 saturated carbocycles. The summed E-state index contributed by atoms with van der Waals surface area (Å²) >= 11 is 0. The molecular formula is C6H14ClN3O. The van der Waals surface area contributed by atoms with Gasteiger partial charge in [-0.1, -0.05) is 0 Å². The maximum atomic E-state index is 10.4. The largest absolute Gasteiger partial charge is 0.352 e. The van der Waals surface area contributed by atoms with E-state index < -0.39 is 6.03 Å². The van der Waals surface area contributed by atoms with Crippen molar-refractivity contribution >= 4 is 18.4 Å². The van der Waals surface area contributed by atoms with E-state index in [2.05, 4.69) is 10.6 Å². The van der Waals surface area contributed by atoms with Gasteiger partial charge < -0.3 is 16.4 Å². The Morgan fingerprint density at radius 3 is 2.82 bits per heavy atom. The van der Waals surface area contributed by atoms with Crippen LogP contribution in [-0.4, -0.2) is 25.2 Å². The van der Waals surface area contributed by atoms with Gasteiger partial charge in [0.15, 0.2) is 0 Å². The van der Waals surface area contributed by atoms with Crippen molar-refractivity contribution in [2.45, 2.75) is 18.9 Å². The van der Waals surface area contributed by atoms with Crippen LogP contribution < -0.4 is 16.4 Å². The predicted octanol–water partition coefficient (Wildman–Crippen LogP) is -0.172. The summed E-state index contributed by atoms with van der Waals surface area (Å²) in [6.07, 6.45) is 2.15. The molecule has 0 aromatic carbocycles. The number of nitrogens with two attached hydrogens (primary N) is 1. The third kappa shape index (κ3) is 4.06. The molecule has 5 heteroatoms. The highest BCUT2D eigenvalue weighted by atomic mass is 35.5. The normalized spacial score (nSPS) is 23.5. The monoisotopic (exact) mass is 179 g/mol. The first kappa shape index (κ1) is 10.5. The molecule has 1 aliphatic heterocycles. The van der Waals surface area contributed by atoms with Gasteiger partial charge in [0.05, 0.1) is 0 Å². The molecule has 1 aliphatic rings. The van der Waals surface area contributed by atoms with Gasteiger partial charge in [0, 0.05) is 12.6 Å². The fraction of sp³-hybridized carbons (Fsp3) is 0.833. The second-order valence-electron chi connectivity index (χ2n) is 2.55. The number of nitrogens with one attached hydrogen (secondary N) is 2. The zero-order valence-electron chi connectivity index (χ0n) is 6.30. The van der Waals surface area contributed by atoms with Gasteiger partial charge in [0.1, 0.15) is 0 Å². The molecule has 66 valence electrons. The van der Waals surface area contributed by atoms with Crippen molar-refractivity contribution in [1.29, 1.82) is 0 Å². The first-order chi connectivity index (χ1) is 4.79. The molecule has 1 fully saturated rings. The summed E-state index contributed by atoms with van der Waals surface area (Å²) < 4.78 is 0. The maximum Gasteiger partial charge on any atom is 0.312 e. The highest BCUT2D eigenvalue weighted by Gasteiger charge is 2.12. The van der Waals surface area contributed by atoms with Gasteiger partial charge in [0.2, 0.25) is 0 Å². The Balaban J connectivity index is 0.000001000. The van der Waals surface area contributed by atoms with Gasteiger partial charge in [-0.25, -0.2) is 4.79 Å². The lowest BCUT2D eigenvalue weighted by atomic mass is 10.1. The Hall–Kier alpha value is -0.480. The molecule has 1 rings (SSSR count). The van der Waals surface area contributed by atoms with Crippen molar-refractivity contribution in [2.24, 2.45) is 5.73 Å². The standard InChI is InChI=1S/C6H13N3O.ClH/c7-6(10)9-5-2-1-3-8-4-5;/h5,8H,1-4H2,(H3,7,9,10);1H. The highest BCUT2D eigenvalue weighted by molar-refractivity contribution is 5.85. The first-order valence-corrected chi connectivity index (χ1v) is 3.56. The summed E-state index contributed by atoms with van der Waals surface area (Å²) in [5, 5.41) is 5.83. The van der Waals surface area contributed by atoms with E-state index in [4.69, 9.17) is 5.73 Å². The number of carbonyl (C=O) groups excluding carboxylic acids is 1. The van der Waals surface area contributed by atoms with Gasteiger partial charge in [-0.3, -0.25) is 0 Å². The number of carbonyl (C=O) groups is 1. The van der Waals surface area contributed by atoms with E-state index in [1.807, 2.05) is 0 Å². The zero-order chi connectivity index (χ0) is 7.40.